The summed E-state index contributed by atoms with van der Waals surface area (Å²) in [5.41, 5.74) is 5.92. The molecule has 0 spiro atoms. The lowest BCUT2D eigenvalue weighted by molar-refractivity contribution is -0.126. The Hall–Kier alpha value is -0.630. The van der Waals surface area contributed by atoms with Gasteiger partial charge in [-0.15, -0.1) is 6.58 Å². The molecule has 0 bridgehead atoms. The van der Waals surface area contributed by atoms with Crippen LogP contribution in [0.1, 0.15) is 60.3 Å². The first kappa shape index (κ1) is 16.4. The number of Topliss-reactive ketones (excluding diaryl/α,β-unsaturated/α-hetero) is 1. The minimum Gasteiger partial charge on any atom is -0.321 e. The third-order valence-corrected chi connectivity index (χ3v) is 3.64. The molecule has 0 heterocycles. The lowest BCUT2D eigenvalue weighted by Gasteiger charge is -2.23. The van der Waals surface area contributed by atoms with E-state index in [2.05, 4.69) is 13.5 Å². The minimum atomic E-state index is -0.482. The van der Waals surface area contributed by atoms with Gasteiger partial charge in [0.2, 0.25) is 0 Å². The lowest BCUT2D eigenvalue weighted by atomic mass is 9.82. The predicted molar refractivity (Wildman–Crippen MR) is 74.9 cm³/mol. The molecule has 0 aliphatic heterocycles. The number of nitrogens with two attached hydrogens (primary N) is 1. The van der Waals surface area contributed by atoms with Crippen molar-refractivity contribution in [3.05, 3.63) is 12.7 Å². The van der Waals surface area contributed by atoms with Gasteiger partial charge in [-0.2, -0.15) is 0 Å². The molecule has 1 rings (SSSR count). The van der Waals surface area contributed by atoms with Gasteiger partial charge in [-0.25, -0.2) is 0 Å². The molecule has 1 atom stereocenters. The van der Waals surface area contributed by atoms with E-state index in [0.717, 1.165) is 12.8 Å². The minimum absolute atomic E-state index is 0.113. The highest BCUT2D eigenvalue weighted by molar-refractivity contribution is 5.90. The van der Waals surface area contributed by atoms with Gasteiger partial charge in [-0.1, -0.05) is 26.8 Å². The number of carbonyl (C=O) groups is 1. The molecule has 1 fully saturated rings. The number of rotatable bonds is 6. The molecule has 0 amide bonds. The van der Waals surface area contributed by atoms with E-state index >= 15 is 0 Å². The van der Waals surface area contributed by atoms with Crippen molar-refractivity contribution in [2.75, 3.05) is 0 Å². The quantitative estimate of drug-likeness (QED) is 0.718. The Morgan fingerprint density at radius 2 is 1.94 bits per heavy atom. The van der Waals surface area contributed by atoms with E-state index in [-0.39, 0.29) is 11.8 Å². The van der Waals surface area contributed by atoms with Crippen LogP contribution >= 0.6 is 0 Å². The number of allylic oxidation sites excluding steroid dienone is 1. The van der Waals surface area contributed by atoms with E-state index in [1.807, 2.05) is 27.7 Å². The Bertz CT molecular complexity index is 264. The molecule has 0 aromatic rings. The zero-order valence-electron chi connectivity index (χ0n) is 12.2. The van der Waals surface area contributed by atoms with Crippen LogP contribution < -0.4 is 5.73 Å². The first-order valence-electron chi connectivity index (χ1n) is 6.74. The van der Waals surface area contributed by atoms with E-state index in [4.69, 9.17) is 5.73 Å². The summed E-state index contributed by atoms with van der Waals surface area (Å²) >= 11 is 0. The summed E-state index contributed by atoms with van der Waals surface area (Å²) in [5.74, 6) is 0.113. The monoisotopic (exact) mass is 239 g/mol. The third-order valence-electron chi connectivity index (χ3n) is 3.64. The summed E-state index contributed by atoms with van der Waals surface area (Å²) in [7, 11) is 0. The van der Waals surface area contributed by atoms with Crippen molar-refractivity contribution in [1.82, 2.24) is 0 Å². The fourth-order valence-electron chi connectivity index (χ4n) is 1.68. The second-order valence-electron chi connectivity index (χ2n) is 5.75. The molecule has 0 aromatic heterocycles. The summed E-state index contributed by atoms with van der Waals surface area (Å²) < 4.78 is 0. The van der Waals surface area contributed by atoms with Gasteiger partial charge in [0.1, 0.15) is 0 Å². The molecule has 0 saturated heterocycles. The van der Waals surface area contributed by atoms with Crippen LogP contribution in [-0.2, 0) is 4.79 Å². The number of hydrogen-bond acceptors (Lipinski definition) is 2. The van der Waals surface area contributed by atoms with Gasteiger partial charge in [0.05, 0.1) is 6.04 Å². The first-order valence-corrected chi connectivity index (χ1v) is 6.74. The smallest absolute Gasteiger partial charge is 0.158 e. The highest BCUT2D eigenvalue weighted by Gasteiger charge is 2.38. The van der Waals surface area contributed by atoms with E-state index in [9.17, 15) is 4.79 Å². The Morgan fingerprint density at radius 3 is 2.29 bits per heavy atom. The standard InChI is InChI=1S/C13H23NO.C2H6/c1-5-12(2,3)11(15)10(14)6-7-13(4)8-9-13;1-2/h5,10H,1,6-9,14H2,2-4H3;1-2H3. The zero-order valence-corrected chi connectivity index (χ0v) is 12.2. The Kier molecular flexibility index (Phi) is 6.11. The van der Waals surface area contributed by atoms with Gasteiger partial charge in [0.25, 0.3) is 0 Å². The van der Waals surface area contributed by atoms with Gasteiger partial charge in [-0.3, -0.25) is 4.79 Å². The van der Waals surface area contributed by atoms with Crippen molar-refractivity contribution in [2.45, 2.75) is 66.3 Å². The maximum absolute atomic E-state index is 11.9. The van der Waals surface area contributed by atoms with Gasteiger partial charge < -0.3 is 5.73 Å². The molecule has 1 aliphatic rings. The van der Waals surface area contributed by atoms with E-state index in [1.54, 1.807) is 6.08 Å². The summed E-state index contributed by atoms with van der Waals surface area (Å²) in [6, 6.07) is -0.324. The molecule has 1 aliphatic carbocycles. The molecule has 1 saturated carbocycles. The van der Waals surface area contributed by atoms with Gasteiger partial charge >= 0.3 is 0 Å². The summed E-state index contributed by atoms with van der Waals surface area (Å²) in [6.07, 6.45) is 6.16. The molecule has 2 nitrogen and oxygen atoms in total. The van der Waals surface area contributed by atoms with Crippen LogP contribution in [-0.4, -0.2) is 11.8 Å². The highest BCUT2D eigenvalue weighted by atomic mass is 16.1. The molecular formula is C15H29NO. The third kappa shape index (κ3) is 5.03. The SMILES string of the molecule is C=CC(C)(C)C(=O)C(N)CCC1(C)CC1.CC. The Labute approximate surface area is 107 Å². The summed E-state index contributed by atoms with van der Waals surface area (Å²) in [6.45, 7) is 13.7. The van der Waals surface area contributed by atoms with Crippen LogP contribution in [0.15, 0.2) is 12.7 Å². The number of carbonyl (C=O) groups excluding carboxylic acids is 1. The zero-order chi connectivity index (χ0) is 13.7. The fraction of sp³-hybridized carbons (Fsp3) is 0.800. The largest absolute Gasteiger partial charge is 0.321 e. The molecule has 0 radical (unpaired) electrons. The Balaban J connectivity index is 0.00000121. The predicted octanol–water partition coefficient (Wildman–Crippen LogP) is 3.70. The van der Waals surface area contributed by atoms with Crippen LogP contribution in [0.3, 0.4) is 0 Å². The average Bonchev–Trinajstić information content (AvgIpc) is 3.06. The van der Waals surface area contributed by atoms with E-state index < -0.39 is 5.41 Å². The maximum atomic E-state index is 11.9. The van der Waals surface area contributed by atoms with Crippen LogP contribution in [0.4, 0.5) is 0 Å². The Morgan fingerprint density at radius 1 is 1.47 bits per heavy atom. The van der Waals surface area contributed by atoms with Crippen molar-refractivity contribution < 1.29 is 4.79 Å². The molecule has 100 valence electrons. The number of ketones is 1. The average molecular weight is 239 g/mol. The second kappa shape index (κ2) is 6.34. The van der Waals surface area contributed by atoms with Crippen LogP contribution in [0, 0.1) is 10.8 Å². The van der Waals surface area contributed by atoms with Crippen molar-refractivity contribution in [3.8, 4) is 0 Å². The first-order chi connectivity index (χ1) is 7.81. The molecule has 17 heavy (non-hydrogen) atoms. The topological polar surface area (TPSA) is 43.1 Å². The van der Waals surface area contributed by atoms with Crippen molar-refractivity contribution in [3.63, 3.8) is 0 Å². The van der Waals surface area contributed by atoms with Gasteiger partial charge in [0.15, 0.2) is 5.78 Å². The maximum Gasteiger partial charge on any atom is 0.158 e. The van der Waals surface area contributed by atoms with Crippen molar-refractivity contribution in [2.24, 2.45) is 16.6 Å². The normalized spacial score (nSPS) is 18.7. The fourth-order valence-corrected chi connectivity index (χ4v) is 1.68. The van der Waals surface area contributed by atoms with Crippen LogP contribution in [0.25, 0.3) is 0 Å². The lowest BCUT2D eigenvalue weighted by Crippen LogP contribution is -2.39. The second-order valence-corrected chi connectivity index (χ2v) is 5.75. The van der Waals surface area contributed by atoms with Crippen LogP contribution in [0.5, 0.6) is 0 Å². The molecule has 2 heteroatoms. The molecular weight excluding hydrogens is 210 g/mol. The van der Waals surface area contributed by atoms with Crippen LogP contribution in [0.2, 0.25) is 0 Å². The molecule has 0 aromatic carbocycles. The van der Waals surface area contributed by atoms with Crippen molar-refractivity contribution in [1.29, 1.82) is 0 Å². The summed E-state index contributed by atoms with van der Waals surface area (Å²) in [4.78, 5) is 11.9. The van der Waals surface area contributed by atoms with Crippen molar-refractivity contribution >= 4 is 5.78 Å². The summed E-state index contributed by atoms with van der Waals surface area (Å²) in [5, 5.41) is 0. The highest BCUT2D eigenvalue weighted by Crippen LogP contribution is 2.49. The molecule has 1 unspecified atom stereocenters. The van der Waals surface area contributed by atoms with E-state index in [0.29, 0.717) is 5.41 Å². The van der Waals surface area contributed by atoms with E-state index in [1.165, 1.54) is 12.8 Å². The van der Waals surface area contributed by atoms with Gasteiger partial charge in [0, 0.05) is 5.41 Å². The number of hydrogen-bond donors (Lipinski definition) is 1. The molecule has 2 N–H and O–H groups in total. The van der Waals surface area contributed by atoms with Gasteiger partial charge in [-0.05, 0) is 44.9 Å².